The lowest BCUT2D eigenvalue weighted by Crippen LogP contribution is -1.99. The molecule has 0 amide bonds. The van der Waals surface area contributed by atoms with Gasteiger partial charge in [0.1, 0.15) is 6.10 Å². The van der Waals surface area contributed by atoms with Crippen molar-refractivity contribution >= 4 is 17.8 Å². The third-order valence-electron chi connectivity index (χ3n) is 2.23. The number of hydrogen-bond acceptors (Lipinski definition) is 3. The van der Waals surface area contributed by atoms with E-state index < -0.39 is 5.97 Å². The summed E-state index contributed by atoms with van der Waals surface area (Å²) < 4.78 is 0. The van der Waals surface area contributed by atoms with Gasteiger partial charge in [0.05, 0.1) is 5.71 Å². The molecule has 18 heavy (non-hydrogen) atoms. The van der Waals surface area contributed by atoms with Crippen LogP contribution < -0.4 is 0 Å². The fourth-order valence-electron chi connectivity index (χ4n) is 1.44. The van der Waals surface area contributed by atoms with Gasteiger partial charge in [-0.1, -0.05) is 29.4 Å². The zero-order chi connectivity index (χ0) is 13.5. The van der Waals surface area contributed by atoms with Crippen LogP contribution in [0.3, 0.4) is 0 Å². The lowest BCUT2D eigenvalue weighted by molar-refractivity contribution is -0.131. The molecule has 1 N–H and O–H groups in total. The normalized spacial score (nSPS) is 12.2. The van der Waals surface area contributed by atoms with Crippen LogP contribution in [-0.4, -0.2) is 16.8 Å². The molecule has 0 aromatic heterocycles. The molecule has 0 heterocycles. The molecule has 0 fully saturated rings. The summed E-state index contributed by atoms with van der Waals surface area (Å²) in [5, 5.41) is 12.6. The Hall–Kier alpha value is -2.10. The van der Waals surface area contributed by atoms with Crippen LogP contribution in [0.15, 0.2) is 35.5 Å². The Bertz CT molecular complexity index is 474. The van der Waals surface area contributed by atoms with E-state index in [0.717, 1.165) is 22.9 Å². The van der Waals surface area contributed by atoms with Crippen LogP contribution in [0.4, 0.5) is 0 Å². The van der Waals surface area contributed by atoms with Gasteiger partial charge >= 0.3 is 5.97 Å². The van der Waals surface area contributed by atoms with Crippen molar-refractivity contribution in [2.45, 2.75) is 26.9 Å². The van der Waals surface area contributed by atoms with Crippen molar-refractivity contribution in [3.05, 3.63) is 41.5 Å². The molecule has 0 aliphatic heterocycles. The Morgan fingerprint density at radius 3 is 2.67 bits per heavy atom. The summed E-state index contributed by atoms with van der Waals surface area (Å²) in [5.74, 6) is -0.971. The summed E-state index contributed by atoms with van der Waals surface area (Å²) >= 11 is 0. The Morgan fingerprint density at radius 2 is 2.06 bits per heavy atom. The maximum atomic E-state index is 10.5. The second-order valence-electron chi connectivity index (χ2n) is 4.09. The summed E-state index contributed by atoms with van der Waals surface area (Å²) in [5.41, 5.74) is 2.55. The molecule has 1 unspecified atom stereocenters. The molecule has 1 atom stereocenters. The first-order valence-corrected chi connectivity index (χ1v) is 5.67. The lowest BCUT2D eigenvalue weighted by atomic mass is 10.0. The number of carboxylic acid groups (broad SMARTS) is 1. The number of benzene rings is 1. The van der Waals surface area contributed by atoms with Crippen molar-refractivity contribution in [2.75, 3.05) is 0 Å². The smallest absolute Gasteiger partial charge is 0.328 e. The van der Waals surface area contributed by atoms with Crippen molar-refractivity contribution in [1.29, 1.82) is 0 Å². The number of oxime groups is 1. The Balaban J connectivity index is 2.94. The highest BCUT2D eigenvalue weighted by atomic mass is 16.6. The van der Waals surface area contributed by atoms with E-state index in [1.165, 1.54) is 0 Å². The molecule has 4 nitrogen and oxygen atoms in total. The number of nitrogens with zero attached hydrogens (tertiary/aromatic N) is 1. The van der Waals surface area contributed by atoms with Gasteiger partial charge in [0.25, 0.3) is 0 Å². The summed E-state index contributed by atoms with van der Waals surface area (Å²) in [7, 11) is 0. The largest absolute Gasteiger partial charge is 0.478 e. The van der Waals surface area contributed by atoms with E-state index >= 15 is 0 Å². The molecule has 4 heteroatoms. The van der Waals surface area contributed by atoms with Crippen molar-refractivity contribution in [1.82, 2.24) is 0 Å². The van der Waals surface area contributed by atoms with E-state index in [0.29, 0.717) is 0 Å². The minimum Gasteiger partial charge on any atom is -0.478 e. The molecule has 0 spiro atoms. The SMILES string of the molecule is CC(C)=NOC(C)c1ccccc1/C=C/C(=O)O. The highest BCUT2D eigenvalue weighted by Gasteiger charge is 2.09. The average Bonchev–Trinajstić information content (AvgIpc) is 2.33. The van der Waals surface area contributed by atoms with Crippen LogP contribution in [0.5, 0.6) is 0 Å². The molecule has 1 aromatic rings. The molecule has 1 rings (SSSR count). The van der Waals surface area contributed by atoms with Crippen molar-refractivity contribution < 1.29 is 14.7 Å². The second-order valence-corrected chi connectivity index (χ2v) is 4.09. The number of carbonyl (C=O) groups is 1. The summed E-state index contributed by atoms with van der Waals surface area (Å²) in [4.78, 5) is 15.9. The van der Waals surface area contributed by atoms with Crippen molar-refractivity contribution in [3.8, 4) is 0 Å². The number of hydrogen-bond donors (Lipinski definition) is 1. The monoisotopic (exact) mass is 247 g/mol. The van der Waals surface area contributed by atoms with E-state index in [1.807, 2.05) is 45.0 Å². The summed E-state index contributed by atoms with van der Waals surface area (Å²) in [6, 6.07) is 7.48. The topological polar surface area (TPSA) is 58.9 Å². The molecular formula is C14H17NO3. The molecular weight excluding hydrogens is 230 g/mol. The summed E-state index contributed by atoms with van der Waals surface area (Å²) in [6.45, 7) is 5.58. The third-order valence-corrected chi connectivity index (χ3v) is 2.23. The van der Waals surface area contributed by atoms with Gasteiger partial charge in [0.2, 0.25) is 0 Å². The molecule has 0 bridgehead atoms. The first-order chi connectivity index (χ1) is 8.50. The van der Waals surface area contributed by atoms with Gasteiger partial charge in [0, 0.05) is 11.6 Å². The van der Waals surface area contributed by atoms with Crippen LogP contribution >= 0.6 is 0 Å². The van der Waals surface area contributed by atoms with Crippen LogP contribution in [0, 0.1) is 0 Å². The molecule has 0 saturated carbocycles. The van der Waals surface area contributed by atoms with Crippen molar-refractivity contribution in [2.24, 2.45) is 5.16 Å². The molecule has 0 aliphatic carbocycles. The maximum Gasteiger partial charge on any atom is 0.328 e. The first kappa shape index (κ1) is 14.0. The fraction of sp³-hybridized carbons (Fsp3) is 0.286. The minimum absolute atomic E-state index is 0.227. The van der Waals surface area contributed by atoms with E-state index in [-0.39, 0.29) is 6.10 Å². The molecule has 0 saturated heterocycles. The fourth-order valence-corrected chi connectivity index (χ4v) is 1.44. The maximum absolute atomic E-state index is 10.5. The van der Waals surface area contributed by atoms with Crippen LogP contribution in [-0.2, 0) is 9.63 Å². The predicted molar refractivity (Wildman–Crippen MR) is 71.4 cm³/mol. The van der Waals surface area contributed by atoms with E-state index in [9.17, 15) is 4.79 Å². The highest BCUT2D eigenvalue weighted by molar-refractivity contribution is 5.85. The third kappa shape index (κ3) is 4.41. The van der Waals surface area contributed by atoms with Gasteiger partial charge in [-0.25, -0.2) is 4.79 Å². The molecule has 0 aliphatic rings. The van der Waals surface area contributed by atoms with E-state index in [1.54, 1.807) is 6.08 Å². The van der Waals surface area contributed by atoms with Crippen LogP contribution in [0.1, 0.15) is 38.0 Å². The zero-order valence-electron chi connectivity index (χ0n) is 10.8. The predicted octanol–water partition coefficient (Wildman–Crippen LogP) is 3.26. The quantitative estimate of drug-likeness (QED) is 0.493. The van der Waals surface area contributed by atoms with Gasteiger partial charge in [-0.15, -0.1) is 0 Å². The van der Waals surface area contributed by atoms with Crippen LogP contribution in [0.2, 0.25) is 0 Å². The average molecular weight is 247 g/mol. The number of rotatable bonds is 5. The minimum atomic E-state index is -0.971. The molecule has 96 valence electrons. The van der Waals surface area contributed by atoms with Crippen LogP contribution in [0.25, 0.3) is 6.08 Å². The zero-order valence-corrected chi connectivity index (χ0v) is 10.8. The van der Waals surface area contributed by atoms with Gasteiger partial charge in [-0.2, -0.15) is 0 Å². The highest BCUT2D eigenvalue weighted by Crippen LogP contribution is 2.22. The lowest BCUT2D eigenvalue weighted by Gasteiger charge is -2.13. The van der Waals surface area contributed by atoms with E-state index in [2.05, 4.69) is 5.16 Å². The second kappa shape index (κ2) is 6.59. The standard InChI is InChI=1S/C14H17NO3/c1-10(2)15-18-11(3)13-7-5-4-6-12(13)8-9-14(16)17/h4-9,11H,1-3H3,(H,16,17)/b9-8+. The molecule has 1 aromatic carbocycles. The number of carboxylic acids is 1. The Labute approximate surface area is 107 Å². The van der Waals surface area contributed by atoms with Gasteiger partial charge < -0.3 is 9.94 Å². The first-order valence-electron chi connectivity index (χ1n) is 5.67. The number of aliphatic carboxylic acids is 1. The van der Waals surface area contributed by atoms with Gasteiger partial charge in [-0.3, -0.25) is 0 Å². The van der Waals surface area contributed by atoms with Gasteiger partial charge in [-0.05, 0) is 32.4 Å². The van der Waals surface area contributed by atoms with Gasteiger partial charge in [0.15, 0.2) is 0 Å². The van der Waals surface area contributed by atoms with Crippen molar-refractivity contribution in [3.63, 3.8) is 0 Å². The molecule has 0 radical (unpaired) electrons. The summed E-state index contributed by atoms with van der Waals surface area (Å²) in [6.07, 6.45) is 2.44. The Kier molecular flexibility index (Phi) is 5.11. The van der Waals surface area contributed by atoms with E-state index in [4.69, 9.17) is 9.94 Å². The Morgan fingerprint density at radius 1 is 1.39 bits per heavy atom.